The maximum atomic E-state index is 5.07. The second-order valence-electron chi connectivity index (χ2n) is 3.06. The van der Waals surface area contributed by atoms with Crippen LogP contribution in [0.3, 0.4) is 0 Å². The Kier molecular flexibility index (Phi) is 2.65. The van der Waals surface area contributed by atoms with Gasteiger partial charge in [0.05, 0.1) is 23.6 Å². The third-order valence-electron chi connectivity index (χ3n) is 2.09. The first kappa shape index (κ1) is 9.43. The lowest BCUT2D eigenvalue weighted by atomic mass is 10.1. The molecule has 4 heteroatoms. The summed E-state index contributed by atoms with van der Waals surface area (Å²) in [5.41, 5.74) is 1.14. The van der Waals surface area contributed by atoms with Crippen molar-refractivity contribution in [2.24, 2.45) is 0 Å². The first-order valence-corrected chi connectivity index (χ1v) is 5.24. The smallest absolute Gasteiger partial charge is 0.0954 e. The van der Waals surface area contributed by atoms with E-state index < -0.39 is 0 Å². The van der Waals surface area contributed by atoms with E-state index in [0.29, 0.717) is 0 Å². The van der Waals surface area contributed by atoms with Crippen molar-refractivity contribution in [2.45, 2.75) is 13.0 Å². The van der Waals surface area contributed by atoms with E-state index in [1.54, 1.807) is 23.9 Å². The van der Waals surface area contributed by atoms with E-state index in [1.807, 2.05) is 26.2 Å². The summed E-state index contributed by atoms with van der Waals surface area (Å²) in [6, 6.07) is 2.16. The van der Waals surface area contributed by atoms with Crippen LogP contribution in [-0.4, -0.2) is 12.0 Å². The molecule has 0 spiro atoms. The van der Waals surface area contributed by atoms with Gasteiger partial charge in [-0.05, 0) is 20.0 Å². The third kappa shape index (κ3) is 1.71. The summed E-state index contributed by atoms with van der Waals surface area (Å²) in [5.74, 6) is 0. The number of aryl methyl sites for hydroxylation is 1. The number of nitrogens with zero attached hydrogens (tertiary/aromatic N) is 1. The number of hydrogen-bond donors (Lipinski definition) is 1. The average molecular weight is 208 g/mol. The van der Waals surface area contributed by atoms with Crippen LogP contribution >= 0.6 is 11.3 Å². The van der Waals surface area contributed by atoms with Gasteiger partial charge in [-0.1, -0.05) is 0 Å². The van der Waals surface area contributed by atoms with E-state index >= 15 is 0 Å². The molecule has 14 heavy (non-hydrogen) atoms. The molecule has 0 saturated carbocycles. The molecule has 1 atom stereocenters. The van der Waals surface area contributed by atoms with Crippen LogP contribution in [0.5, 0.6) is 0 Å². The van der Waals surface area contributed by atoms with Gasteiger partial charge in [0.1, 0.15) is 0 Å². The zero-order valence-corrected chi connectivity index (χ0v) is 8.97. The maximum absolute atomic E-state index is 5.07. The number of nitrogens with one attached hydrogen (secondary N) is 1. The highest BCUT2D eigenvalue weighted by Crippen LogP contribution is 2.26. The molecule has 0 aliphatic carbocycles. The number of rotatable bonds is 3. The van der Waals surface area contributed by atoms with Crippen LogP contribution in [0.15, 0.2) is 29.2 Å². The number of furan rings is 1. The lowest BCUT2D eigenvalue weighted by Crippen LogP contribution is -2.15. The lowest BCUT2D eigenvalue weighted by molar-refractivity contribution is 0.558. The fourth-order valence-corrected chi connectivity index (χ4v) is 2.35. The molecule has 1 unspecified atom stereocenters. The highest BCUT2D eigenvalue weighted by Gasteiger charge is 2.15. The number of thiazole rings is 1. The van der Waals surface area contributed by atoms with Crippen LogP contribution in [-0.2, 0) is 0 Å². The summed E-state index contributed by atoms with van der Waals surface area (Å²) >= 11 is 1.70. The minimum atomic E-state index is 0.194. The molecular formula is C10H12N2OS. The molecule has 2 aromatic heterocycles. The largest absolute Gasteiger partial charge is 0.472 e. The Morgan fingerprint density at radius 2 is 2.43 bits per heavy atom. The van der Waals surface area contributed by atoms with E-state index in [1.165, 1.54) is 4.88 Å². The van der Waals surface area contributed by atoms with Gasteiger partial charge in [0.25, 0.3) is 0 Å². The zero-order chi connectivity index (χ0) is 9.97. The standard InChI is InChI=1S/C10H12N2OS/c1-7-12-5-9(14-7)10(11-2)8-3-4-13-6-8/h3-6,10-11H,1-2H3. The van der Waals surface area contributed by atoms with Crippen molar-refractivity contribution < 1.29 is 4.42 Å². The summed E-state index contributed by atoms with van der Waals surface area (Å²) in [4.78, 5) is 5.46. The fourth-order valence-electron chi connectivity index (χ4n) is 1.42. The Bertz CT molecular complexity index is 394. The van der Waals surface area contributed by atoms with Gasteiger partial charge in [-0.25, -0.2) is 4.98 Å². The molecule has 0 aromatic carbocycles. The van der Waals surface area contributed by atoms with Crippen LogP contribution in [0, 0.1) is 6.92 Å². The molecular weight excluding hydrogens is 196 g/mol. The van der Waals surface area contributed by atoms with Crippen molar-refractivity contribution in [1.82, 2.24) is 10.3 Å². The van der Waals surface area contributed by atoms with Gasteiger partial charge in [-0.15, -0.1) is 11.3 Å². The van der Waals surface area contributed by atoms with E-state index in [-0.39, 0.29) is 6.04 Å². The fraction of sp³-hybridized carbons (Fsp3) is 0.300. The Balaban J connectivity index is 2.31. The van der Waals surface area contributed by atoms with E-state index in [4.69, 9.17) is 4.42 Å². The Hall–Kier alpha value is -1.13. The third-order valence-corrected chi connectivity index (χ3v) is 3.07. The van der Waals surface area contributed by atoms with Gasteiger partial charge in [0.15, 0.2) is 0 Å². The van der Waals surface area contributed by atoms with E-state index in [2.05, 4.69) is 10.3 Å². The first-order chi connectivity index (χ1) is 6.81. The maximum Gasteiger partial charge on any atom is 0.0954 e. The predicted molar refractivity (Wildman–Crippen MR) is 56.5 cm³/mol. The van der Waals surface area contributed by atoms with Gasteiger partial charge in [0.2, 0.25) is 0 Å². The van der Waals surface area contributed by atoms with Crippen LogP contribution in [0.25, 0.3) is 0 Å². The first-order valence-electron chi connectivity index (χ1n) is 4.43. The van der Waals surface area contributed by atoms with Crippen LogP contribution in [0.2, 0.25) is 0 Å². The molecule has 1 N–H and O–H groups in total. The molecule has 2 rings (SSSR count). The molecule has 0 aliphatic heterocycles. The topological polar surface area (TPSA) is 38.1 Å². The zero-order valence-electron chi connectivity index (χ0n) is 8.15. The summed E-state index contributed by atoms with van der Waals surface area (Å²) in [7, 11) is 1.94. The van der Waals surface area contributed by atoms with Gasteiger partial charge in [0, 0.05) is 16.6 Å². The Labute approximate surface area is 86.8 Å². The molecule has 0 radical (unpaired) electrons. The SMILES string of the molecule is CNC(c1ccoc1)c1cnc(C)s1. The number of aromatic nitrogens is 1. The highest BCUT2D eigenvalue weighted by atomic mass is 32.1. The Morgan fingerprint density at radius 3 is 2.93 bits per heavy atom. The van der Waals surface area contributed by atoms with Gasteiger partial charge < -0.3 is 9.73 Å². The lowest BCUT2D eigenvalue weighted by Gasteiger charge is -2.10. The van der Waals surface area contributed by atoms with Gasteiger partial charge >= 0.3 is 0 Å². The van der Waals surface area contributed by atoms with Crippen molar-refractivity contribution in [3.05, 3.63) is 40.2 Å². The monoisotopic (exact) mass is 208 g/mol. The Morgan fingerprint density at radius 1 is 1.57 bits per heavy atom. The quantitative estimate of drug-likeness (QED) is 0.841. The van der Waals surface area contributed by atoms with E-state index in [9.17, 15) is 0 Å². The molecule has 0 bridgehead atoms. The summed E-state index contributed by atoms with van der Waals surface area (Å²) in [6.07, 6.45) is 5.36. The van der Waals surface area contributed by atoms with Crippen molar-refractivity contribution in [3.8, 4) is 0 Å². The molecule has 0 aliphatic rings. The summed E-state index contributed by atoms with van der Waals surface area (Å²) in [6.45, 7) is 2.01. The van der Waals surface area contributed by atoms with Gasteiger partial charge in [-0.2, -0.15) is 0 Å². The van der Waals surface area contributed by atoms with Crippen molar-refractivity contribution in [2.75, 3.05) is 7.05 Å². The van der Waals surface area contributed by atoms with Crippen LogP contribution in [0.4, 0.5) is 0 Å². The summed E-state index contributed by atoms with van der Waals surface area (Å²) in [5, 5.41) is 4.33. The van der Waals surface area contributed by atoms with Crippen LogP contribution in [0.1, 0.15) is 21.5 Å². The molecule has 0 saturated heterocycles. The minimum absolute atomic E-state index is 0.194. The minimum Gasteiger partial charge on any atom is -0.472 e. The number of hydrogen-bond acceptors (Lipinski definition) is 4. The molecule has 2 aromatic rings. The average Bonchev–Trinajstić information content (AvgIpc) is 2.79. The summed E-state index contributed by atoms with van der Waals surface area (Å²) < 4.78 is 5.07. The molecule has 2 heterocycles. The molecule has 3 nitrogen and oxygen atoms in total. The van der Waals surface area contributed by atoms with Crippen molar-refractivity contribution >= 4 is 11.3 Å². The van der Waals surface area contributed by atoms with Crippen LogP contribution < -0.4 is 5.32 Å². The molecule has 0 fully saturated rings. The van der Waals surface area contributed by atoms with Crippen molar-refractivity contribution in [3.63, 3.8) is 0 Å². The van der Waals surface area contributed by atoms with Gasteiger partial charge in [-0.3, -0.25) is 0 Å². The molecule has 74 valence electrons. The second-order valence-corrected chi connectivity index (χ2v) is 4.33. The normalized spacial score (nSPS) is 13.0. The molecule has 0 amide bonds. The second kappa shape index (κ2) is 3.94. The van der Waals surface area contributed by atoms with E-state index in [0.717, 1.165) is 10.6 Å². The predicted octanol–water partition coefficient (Wildman–Crippen LogP) is 2.35. The highest BCUT2D eigenvalue weighted by molar-refractivity contribution is 7.11. The van der Waals surface area contributed by atoms with Crippen molar-refractivity contribution in [1.29, 1.82) is 0 Å².